The van der Waals surface area contributed by atoms with E-state index in [1.54, 1.807) is 35.5 Å². The summed E-state index contributed by atoms with van der Waals surface area (Å²) in [4.78, 5) is 10.8. The quantitative estimate of drug-likeness (QED) is 0.852. The van der Waals surface area contributed by atoms with Gasteiger partial charge >= 0.3 is 0 Å². The van der Waals surface area contributed by atoms with Gasteiger partial charge in [0.15, 0.2) is 0 Å². The molecule has 0 aliphatic carbocycles. The zero-order chi connectivity index (χ0) is 11.5. The molecule has 2 aromatic rings. The molecule has 84 valence electrons. The van der Waals surface area contributed by atoms with Crippen LogP contribution in [0.4, 0.5) is 5.69 Å². The number of pyridine rings is 1. The molecule has 0 saturated carbocycles. The molecule has 0 bridgehead atoms. The molecule has 0 spiro atoms. The van der Waals surface area contributed by atoms with Crippen LogP contribution < -0.4 is 5.73 Å². The monoisotopic (exact) mass is 251 g/mol. The van der Waals surface area contributed by atoms with Gasteiger partial charge in [-0.25, -0.2) is 4.98 Å². The summed E-state index contributed by atoms with van der Waals surface area (Å²) in [6, 6.07) is 1.94. The Bertz CT molecular complexity index is 474. The van der Waals surface area contributed by atoms with Crippen LogP contribution in [0.3, 0.4) is 0 Å². The second kappa shape index (κ2) is 4.84. The summed E-state index contributed by atoms with van der Waals surface area (Å²) < 4.78 is 0. The third-order valence-corrected chi connectivity index (χ3v) is 4.59. The standard InChI is InChI=1S/C11H13N3S2/c1-7-8(2)16-11(14-7)6-15-10-3-4-13-5-9(10)12/h3-5H,6,12H2,1-2H3. The SMILES string of the molecule is Cc1nc(CSc2ccncc2N)sc1C. The van der Waals surface area contributed by atoms with Crippen molar-refractivity contribution in [2.75, 3.05) is 5.73 Å². The van der Waals surface area contributed by atoms with E-state index in [-0.39, 0.29) is 0 Å². The molecule has 3 nitrogen and oxygen atoms in total. The van der Waals surface area contributed by atoms with E-state index in [1.807, 2.05) is 13.0 Å². The number of nitrogens with two attached hydrogens (primary N) is 1. The van der Waals surface area contributed by atoms with E-state index in [2.05, 4.69) is 16.9 Å². The highest BCUT2D eigenvalue weighted by molar-refractivity contribution is 7.98. The highest BCUT2D eigenvalue weighted by Gasteiger charge is 2.05. The summed E-state index contributed by atoms with van der Waals surface area (Å²) >= 11 is 3.46. The van der Waals surface area contributed by atoms with E-state index in [0.29, 0.717) is 0 Å². The molecule has 2 aromatic heterocycles. The molecule has 0 aromatic carbocycles. The Balaban J connectivity index is 2.05. The van der Waals surface area contributed by atoms with Gasteiger partial charge in [-0.05, 0) is 19.9 Å². The molecule has 2 heterocycles. The minimum absolute atomic E-state index is 0.734. The minimum Gasteiger partial charge on any atom is -0.397 e. The van der Waals surface area contributed by atoms with Crippen molar-refractivity contribution in [3.8, 4) is 0 Å². The highest BCUT2D eigenvalue weighted by atomic mass is 32.2. The van der Waals surface area contributed by atoms with Crippen molar-refractivity contribution in [3.05, 3.63) is 34.0 Å². The fourth-order valence-electron chi connectivity index (χ4n) is 1.27. The first kappa shape index (κ1) is 11.4. The lowest BCUT2D eigenvalue weighted by molar-refractivity contribution is 1.16. The van der Waals surface area contributed by atoms with Gasteiger partial charge in [-0.3, -0.25) is 4.98 Å². The maximum absolute atomic E-state index is 5.82. The number of hydrogen-bond donors (Lipinski definition) is 1. The molecule has 5 heteroatoms. The smallest absolute Gasteiger partial charge is 0.103 e. The highest BCUT2D eigenvalue weighted by Crippen LogP contribution is 2.29. The Hall–Kier alpha value is -1.07. The van der Waals surface area contributed by atoms with Gasteiger partial charge in [0.05, 0.1) is 23.3 Å². The van der Waals surface area contributed by atoms with Crippen molar-refractivity contribution in [3.63, 3.8) is 0 Å². The number of thioether (sulfide) groups is 1. The minimum atomic E-state index is 0.734. The number of thiazole rings is 1. The average Bonchev–Trinajstić information content (AvgIpc) is 2.57. The van der Waals surface area contributed by atoms with Crippen LogP contribution in [0.1, 0.15) is 15.6 Å². The topological polar surface area (TPSA) is 51.8 Å². The summed E-state index contributed by atoms with van der Waals surface area (Å²) in [7, 11) is 0. The van der Waals surface area contributed by atoms with Gasteiger partial charge < -0.3 is 5.73 Å². The van der Waals surface area contributed by atoms with Crippen LogP contribution in [0.2, 0.25) is 0 Å². The summed E-state index contributed by atoms with van der Waals surface area (Å²) in [5.41, 5.74) is 7.68. The summed E-state index contributed by atoms with van der Waals surface area (Å²) in [5, 5.41) is 1.15. The van der Waals surface area contributed by atoms with Gasteiger partial charge in [-0.2, -0.15) is 0 Å². The van der Waals surface area contributed by atoms with Crippen LogP contribution in [0.5, 0.6) is 0 Å². The Labute approximate surface area is 103 Å². The van der Waals surface area contributed by atoms with Crippen molar-refractivity contribution in [2.24, 2.45) is 0 Å². The van der Waals surface area contributed by atoms with E-state index < -0.39 is 0 Å². The Morgan fingerprint density at radius 2 is 2.25 bits per heavy atom. The number of aryl methyl sites for hydroxylation is 2. The molecule has 0 fully saturated rings. The third-order valence-electron chi connectivity index (χ3n) is 2.23. The molecule has 0 aliphatic rings. The molecule has 0 saturated heterocycles. The molecule has 0 radical (unpaired) electrons. The predicted octanol–water partition coefficient (Wildman–Crippen LogP) is 3.03. The maximum atomic E-state index is 5.82. The fourth-order valence-corrected chi connectivity index (χ4v) is 3.13. The molecule has 2 rings (SSSR count). The summed E-state index contributed by atoms with van der Waals surface area (Å²) in [6.07, 6.45) is 3.44. The van der Waals surface area contributed by atoms with Crippen molar-refractivity contribution >= 4 is 28.8 Å². The molecular formula is C11H13N3S2. The normalized spacial score (nSPS) is 10.6. The number of aromatic nitrogens is 2. The number of anilines is 1. The lowest BCUT2D eigenvalue weighted by atomic mass is 10.4. The molecule has 16 heavy (non-hydrogen) atoms. The van der Waals surface area contributed by atoms with Crippen LogP contribution in [0.25, 0.3) is 0 Å². The Morgan fingerprint density at radius 3 is 2.88 bits per heavy atom. The van der Waals surface area contributed by atoms with Crippen molar-refractivity contribution in [2.45, 2.75) is 24.5 Å². The molecule has 0 unspecified atom stereocenters. The van der Waals surface area contributed by atoms with Gasteiger partial charge in [0, 0.05) is 16.0 Å². The maximum Gasteiger partial charge on any atom is 0.103 e. The number of nitrogen functional groups attached to an aromatic ring is 1. The van der Waals surface area contributed by atoms with E-state index in [4.69, 9.17) is 5.73 Å². The third kappa shape index (κ3) is 2.54. The van der Waals surface area contributed by atoms with Gasteiger partial charge in [0.2, 0.25) is 0 Å². The van der Waals surface area contributed by atoms with E-state index in [0.717, 1.165) is 27.0 Å². The Kier molecular flexibility index (Phi) is 3.46. The van der Waals surface area contributed by atoms with Gasteiger partial charge in [-0.15, -0.1) is 23.1 Å². The first-order valence-electron chi connectivity index (χ1n) is 4.92. The van der Waals surface area contributed by atoms with Crippen LogP contribution in [-0.4, -0.2) is 9.97 Å². The molecule has 0 aliphatic heterocycles. The van der Waals surface area contributed by atoms with E-state index in [1.165, 1.54) is 4.88 Å². The van der Waals surface area contributed by atoms with E-state index >= 15 is 0 Å². The molecule has 0 amide bonds. The fraction of sp³-hybridized carbons (Fsp3) is 0.273. The van der Waals surface area contributed by atoms with Crippen molar-refractivity contribution < 1.29 is 0 Å². The zero-order valence-corrected chi connectivity index (χ0v) is 10.9. The second-order valence-electron chi connectivity index (χ2n) is 3.45. The predicted molar refractivity (Wildman–Crippen MR) is 69.8 cm³/mol. The number of rotatable bonds is 3. The van der Waals surface area contributed by atoms with E-state index in [9.17, 15) is 0 Å². The lowest BCUT2D eigenvalue weighted by Gasteiger charge is -2.01. The largest absolute Gasteiger partial charge is 0.397 e. The van der Waals surface area contributed by atoms with Crippen molar-refractivity contribution in [1.82, 2.24) is 9.97 Å². The van der Waals surface area contributed by atoms with Crippen LogP contribution in [0.15, 0.2) is 23.4 Å². The number of hydrogen-bond acceptors (Lipinski definition) is 5. The van der Waals surface area contributed by atoms with Crippen LogP contribution >= 0.6 is 23.1 Å². The number of nitrogens with zero attached hydrogens (tertiary/aromatic N) is 2. The van der Waals surface area contributed by atoms with Gasteiger partial charge in [0.1, 0.15) is 5.01 Å². The lowest BCUT2D eigenvalue weighted by Crippen LogP contribution is -1.89. The van der Waals surface area contributed by atoms with Gasteiger partial charge in [0.25, 0.3) is 0 Å². The zero-order valence-electron chi connectivity index (χ0n) is 9.23. The Morgan fingerprint density at radius 1 is 1.44 bits per heavy atom. The first-order chi connectivity index (χ1) is 7.66. The van der Waals surface area contributed by atoms with Crippen LogP contribution in [0, 0.1) is 13.8 Å². The first-order valence-corrected chi connectivity index (χ1v) is 6.72. The average molecular weight is 251 g/mol. The molecule has 2 N–H and O–H groups in total. The molecular weight excluding hydrogens is 238 g/mol. The van der Waals surface area contributed by atoms with Gasteiger partial charge in [-0.1, -0.05) is 0 Å². The van der Waals surface area contributed by atoms with Crippen molar-refractivity contribution in [1.29, 1.82) is 0 Å². The summed E-state index contributed by atoms with van der Waals surface area (Å²) in [5.74, 6) is 0.869. The summed E-state index contributed by atoms with van der Waals surface area (Å²) in [6.45, 7) is 4.14. The van der Waals surface area contributed by atoms with Crippen LogP contribution in [-0.2, 0) is 5.75 Å². The molecule has 0 atom stereocenters. The second-order valence-corrected chi connectivity index (χ2v) is 5.76.